The Morgan fingerprint density at radius 3 is 2.69 bits per heavy atom. The summed E-state index contributed by atoms with van der Waals surface area (Å²) in [6.45, 7) is 8.41. The van der Waals surface area contributed by atoms with Gasteiger partial charge in [-0.05, 0) is 50.5 Å². The largest absolute Gasteiger partial charge is 0.444 e. The molecule has 0 spiro atoms. The van der Waals surface area contributed by atoms with Crippen molar-refractivity contribution in [3.63, 3.8) is 0 Å². The fourth-order valence-corrected chi connectivity index (χ4v) is 4.79. The maximum Gasteiger partial charge on any atom is 0.410 e. The van der Waals surface area contributed by atoms with Crippen LogP contribution in [-0.4, -0.2) is 58.9 Å². The molecule has 1 saturated heterocycles. The van der Waals surface area contributed by atoms with E-state index in [0.29, 0.717) is 31.1 Å². The van der Waals surface area contributed by atoms with Gasteiger partial charge < -0.3 is 14.7 Å². The number of carbonyl (C=O) groups is 1. The average molecular weight is 446 g/mol. The Bertz CT molecular complexity index is 692. The molecule has 1 heterocycles. The molecule has 1 amide bonds. The summed E-state index contributed by atoms with van der Waals surface area (Å²) in [5, 5.41) is 11.4. The predicted octanol–water partition coefficient (Wildman–Crippen LogP) is 4.00. The first-order chi connectivity index (χ1) is 12.2. The van der Waals surface area contributed by atoms with Crippen molar-refractivity contribution in [1.29, 1.82) is 0 Å². The molecule has 1 fully saturated rings. The predicted molar refractivity (Wildman–Crippen MR) is 106 cm³/mol. The topological polar surface area (TPSA) is 53.0 Å². The normalized spacial score (nSPS) is 24.3. The highest BCUT2D eigenvalue weighted by Gasteiger charge is 2.38. The number of fused-ring (bicyclic) bond motifs is 1. The molecule has 3 rings (SSSR count). The lowest BCUT2D eigenvalue weighted by molar-refractivity contribution is 0.0244. The molecule has 0 aromatic heterocycles. The Morgan fingerprint density at radius 1 is 1.27 bits per heavy atom. The quantitative estimate of drug-likeness (QED) is 0.710. The first-order valence-corrected chi connectivity index (χ1v) is 10.2. The van der Waals surface area contributed by atoms with Crippen LogP contribution >= 0.6 is 27.5 Å². The van der Waals surface area contributed by atoms with E-state index in [2.05, 4.69) is 20.8 Å². The highest BCUT2D eigenvalue weighted by atomic mass is 79.9. The summed E-state index contributed by atoms with van der Waals surface area (Å²) in [7, 11) is 0. The Balaban J connectivity index is 1.73. The molecule has 1 aliphatic heterocycles. The first kappa shape index (κ1) is 19.9. The van der Waals surface area contributed by atoms with Gasteiger partial charge in [0, 0.05) is 42.1 Å². The SMILES string of the molecule is CC(C)(C)OC(=O)N1CCCN([C@@H]2c3cc(Cl)cc(Br)c3C[C@H]2O)CC1. The van der Waals surface area contributed by atoms with Gasteiger partial charge in [-0.1, -0.05) is 27.5 Å². The molecule has 1 aliphatic carbocycles. The standard InChI is InChI=1S/C19H26BrClN2O3/c1-19(2,3)26-18(25)23-6-4-5-22(7-8-23)17-14-9-12(21)10-15(20)13(14)11-16(17)24/h9-10,16-17,24H,4-8,11H2,1-3H3/t16-,17-/m1/s1. The molecule has 26 heavy (non-hydrogen) atoms. The summed E-state index contributed by atoms with van der Waals surface area (Å²) in [5.74, 6) is 0. The maximum atomic E-state index is 12.4. The van der Waals surface area contributed by atoms with Crippen LogP contribution in [0.2, 0.25) is 5.02 Å². The van der Waals surface area contributed by atoms with E-state index >= 15 is 0 Å². The Kier molecular flexibility index (Phi) is 5.87. The number of hydrogen-bond acceptors (Lipinski definition) is 4. The number of hydrogen-bond donors (Lipinski definition) is 1. The highest BCUT2D eigenvalue weighted by Crippen LogP contribution is 2.41. The fraction of sp³-hybridized carbons (Fsp3) is 0.632. The smallest absolute Gasteiger partial charge is 0.410 e. The van der Waals surface area contributed by atoms with Crippen LogP contribution in [0.1, 0.15) is 44.4 Å². The molecule has 1 aromatic carbocycles. The number of halogens is 2. The highest BCUT2D eigenvalue weighted by molar-refractivity contribution is 9.10. The molecular formula is C19H26BrClN2O3. The number of benzene rings is 1. The third kappa shape index (κ3) is 4.35. The number of rotatable bonds is 1. The Labute approximate surface area is 168 Å². The second-order valence-electron chi connectivity index (χ2n) is 8.03. The molecule has 7 heteroatoms. The number of ether oxygens (including phenoxy) is 1. The minimum absolute atomic E-state index is 0.0846. The lowest BCUT2D eigenvalue weighted by Crippen LogP contribution is -2.40. The molecule has 144 valence electrons. The summed E-state index contributed by atoms with van der Waals surface area (Å²) in [6.07, 6.45) is 0.731. The minimum Gasteiger partial charge on any atom is -0.444 e. The number of amides is 1. The van der Waals surface area contributed by atoms with Crippen molar-refractivity contribution in [3.05, 3.63) is 32.8 Å². The number of aliphatic hydroxyl groups is 1. The molecule has 0 unspecified atom stereocenters. The van der Waals surface area contributed by atoms with Crippen molar-refractivity contribution < 1.29 is 14.6 Å². The van der Waals surface area contributed by atoms with Crippen LogP contribution in [0.4, 0.5) is 4.79 Å². The molecule has 0 bridgehead atoms. The van der Waals surface area contributed by atoms with Crippen molar-refractivity contribution in [2.45, 2.75) is 51.4 Å². The first-order valence-electron chi connectivity index (χ1n) is 9.03. The van der Waals surface area contributed by atoms with Crippen LogP contribution in [0.5, 0.6) is 0 Å². The van der Waals surface area contributed by atoms with E-state index in [4.69, 9.17) is 16.3 Å². The zero-order valence-electron chi connectivity index (χ0n) is 15.5. The monoisotopic (exact) mass is 444 g/mol. The van der Waals surface area contributed by atoms with E-state index in [9.17, 15) is 9.90 Å². The molecule has 1 N–H and O–H groups in total. The molecule has 1 aromatic rings. The molecule has 2 aliphatic rings. The van der Waals surface area contributed by atoms with E-state index in [-0.39, 0.29) is 12.1 Å². The zero-order valence-corrected chi connectivity index (χ0v) is 17.8. The number of aliphatic hydroxyl groups excluding tert-OH is 1. The molecule has 0 radical (unpaired) electrons. The number of nitrogens with zero attached hydrogens (tertiary/aromatic N) is 2. The molecule has 0 saturated carbocycles. The molecular weight excluding hydrogens is 420 g/mol. The molecule has 5 nitrogen and oxygen atoms in total. The van der Waals surface area contributed by atoms with E-state index in [0.717, 1.165) is 28.6 Å². The van der Waals surface area contributed by atoms with E-state index in [1.54, 1.807) is 4.90 Å². The molecule has 2 atom stereocenters. The summed E-state index contributed by atoms with van der Waals surface area (Å²) < 4.78 is 6.45. The van der Waals surface area contributed by atoms with Crippen molar-refractivity contribution >= 4 is 33.6 Å². The van der Waals surface area contributed by atoms with Gasteiger partial charge in [-0.25, -0.2) is 4.79 Å². The van der Waals surface area contributed by atoms with Gasteiger partial charge in [-0.15, -0.1) is 0 Å². The maximum absolute atomic E-state index is 12.4. The lowest BCUT2D eigenvalue weighted by atomic mass is 10.1. The van der Waals surface area contributed by atoms with Crippen LogP contribution in [0.3, 0.4) is 0 Å². The van der Waals surface area contributed by atoms with Gasteiger partial charge in [-0.2, -0.15) is 0 Å². The van der Waals surface area contributed by atoms with Crippen molar-refractivity contribution in [1.82, 2.24) is 9.80 Å². The van der Waals surface area contributed by atoms with Gasteiger partial charge in [0.1, 0.15) is 5.60 Å². The van der Waals surface area contributed by atoms with E-state index < -0.39 is 11.7 Å². The zero-order chi connectivity index (χ0) is 19.1. The van der Waals surface area contributed by atoms with Crippen molar-refractivity contribution in [3.8, 4) is 0 Å². The van der Waals surface area contributed by atoms with Crippen molar-refractivity contribution in [2.75, 3.05) is 26.2 Å². The van der Waals surface area contributed by atoms with Gasteiger partial charge in [0.15, 0.2) is 0 Å². The Morgan fingerprint density at radius 2 is 2.00 bits per heavy atom. The second-order valence-corrected chi connectivity index (χ2v) is 9.32. The third-order valence-electron chi connectivity index (χ3n) is 4.87. The van der Waals surface area contributed by atoms with Crippen LogP contribution < -0.4 is 0 Å². The lowest BCUT2D eigenvalue weighted by Gasteiger charge is -2.31. The van der Waals surface area contributed by atoms with Gasteiger partial charge in [0.05, 0.1) is 12.1 Å². The van der Waals surface area contributed by atoms with Crippen LogP contribution in [0.25, 0.3) is 0 Å². The van der Waals surface area contributed by atoms with E-state index in [1.165, 1.54) is 0 Å². The van der Waals surface area contributed by atoms with Gasteiger partial charge in [0.25, 0.3) is 0 Å². The van der Waals surface area contributed by atoms with Gasteiger partial charge >= 0.3 is 6.09 Å². The number of carbonyl (C=O) groups excluding carboxylic acids is 1. The summed E-state index contributed by atoms with van der Waals surface area (Å²) in [5.41, 5.74) is 1.72. The van der Waals surface area contributed by atoms with Gasteiger partial charge in [-0.3, -0.25) is 4.90 Å². The summed E-state index contributed by atoms with van der Waals surface area (Å²) in [6, 6.07) is 3.75. The average Bonchev–Trinajstić information content (AvgIpc) is 2.69. The van der Waals surface area contributed by atoms with Crippen LogP contribution in [0, 0.1) is 0 Å². The van der Waals surface area contributed by atoms with Crippen LogP contribution in [0.15, 0.2) is 16.6 Å². The minimum atomic E-state index is -0.493. The van der Waals surface area contributed by atoms with E-state index in [1.807, 2.05) is 32.9 Å². The Hall–Kier alpha value is -0.820. The fourth-order valence-electron chi connectivity index (χ4n) is 3.80. The second kappa shape index (κ2) is 7.66. The van der Waals surface area contributed by atoms with Gasteiger partial charge in [0.2, 0.25) is 0 Å². The van der Waals surface area contributed by atoms with Crippen LogP contribution in [-0.2, 0) is 11.2 Å². The van der Waals surface area contributed by atoms with Crippen molar-refractivity contribution in [2.24, 2.45) is 0 Å². The summed E-state index contributed by atoms with van der Waals surface area (Å²) in [4.78, 5) is 16.4. The summed E-state index contributed by atoms with van der Waals surface area (Å²) >= 11 is 9.81. The third-order valence-corrected chi connectivity index (χ3v) is 5.79.